The Labute approximate surface area is 138 Å². The van der Waals surface area contributed by atoms with Gasteiger partial charge in [0.1, 0.15) is 6.54 Å². The van der Waals surface area contributed by atoms with E-state index in [1.54, 1.807) is 23.1 Å². The van der Waals surface area contributed by atoms with E-state index in [1.807, 2.05) is 30.3 Å². The standard InChI is InChI=1S/C16H17N5O3/c22-14(11-21-15(23)9-17-16(21)24)19-13(10-20-8-4-7-18-20)12-5-2-1-3-6-12/h1-8,13H,9-11H2,(H,17,24)(H,19,22)/t13-/m1/s1. The van der Waals surface area contributed by atoms with Crippen molar-refractivity contribution < 1.29 is 14.4 Å². The van der Waals surface area contributed by atoms with Crippen LogP contribution in [0.25, 0.3) is 0 Å². The minimum absolute atomic E-state index is 0.0679. The molecule has 1 aliphatic rings. The molecule has 4 amide bonds. The van der Waals surface area contributed by atoms with Gasteiger partial charge in [-0.3, -0.25) is 19.2 Å². The summed E-state index contributed by atoms with van der Waals surface area (Å²) in [4.78, 5) is 36.3. The lowest BCUT2D eigenvalue weighted by molar-refractivity contribution is -0.131. The molecule has 0 unspecified atom stereocenters. The smallest absolute Gasteiger partial charge is 0.325 e. The van der Waals surface area contributed by atoms with Crippen molar-refractivity contribution in [3.8, 4) is 0 Å². The van der Waals surface area contributed by atoms with E-state index in [4.69, 9.17) is 0 Å². The topological polar surface area (TPSA) is 96.3 Å². The molecular formula is C16H17N5O3. The lowest BCUT2D eigenvalue weighted by Crippen LogP contribution is -2.42. The van der Waals surface area contributed by atoms with Gasteiger partial charge in [-0.15, -0.1) is 0 Å². The van der Waals surface area contributed by atoms with Crippen LogP contribution in [-0.4, -0.2) is 45.6 Å². The van der Waals surface area contributed by atoms with Gasteiger partial charge in [0.15, 0.2) is 0 Å². The van der Waals surface area contributed by atoms with Gasteiger partial charge in [0, 0.05) is 12.4 Å². The van der Waals surface area contributed by atoms with Crippen LogP contribution in [0.1, 0.15) is 11.6 Å². The summed E-state index contributed by atoms with van der Waals surface area (Å²) in [5.41, 5.74) is 0.915. The third-order valence-corrected chi connectivity index (χ3v) is 3.70. The summed E-state index contributed by atoms with van der Waals surface area (Å²) in [5, 5.41) is 9.41. The van der Waals surface area contributed by atoms with E-state index in [9.17, 15) is 14.4 Å². The number of hydrogen-bond acceptors (Lipinski definition) is 4. The molecule has 1 aromatic carbocycles. The summed E-state index contributed by atoms with van der Waals surface area (Å²) in [5.74, 6) is -0.806. The summed E-state index contributed by atoms with van der Waals surface area (Å²) < 4.78 is 1.71. The molecule has 0 bridgehead atoms. The molecule has 3 rings (SSSR count). The molecule has 0 spiro atoms. The number of imide groups is 1. The van der Waals surface area contributed by atoms with Gasteiger partial charge in [-0.25, -0.2) is 4.79 Å². The number of amides is 4. The maximum absolute atomic E-state index is 12.3. The summed E-state index contributed by atoms with van der Waals surface area (Å²) >= 11 is 0. The zero-order chi connectivity index (χ0) is 16.9. The first-order valence-corrected chi connectivity index (χ1v) is 7.53. The largest absolute Gasteiger partial charge is 0.346 e. The van der Waals surface area contributed by atoms with Gasteiger partial charge in [-0.05, 0) is 11.6 Å². The number of urea groups is 1. The van der Waals surface area contributed by atoms with Crippen LogP contribution in [-0.2, 0) is 16.1 Å². The average molecular weight is 327 g/mol. The number of carbonyl (C=O) groups is 3. The molecule has 24 heavy (non-hydrogen) atoms. The molecule has 1 aromatic heterocycles. The maximum atomic E-state index is 12.3. The van der Waals surface area contributed by atoms with Crippen molar-refractivity contribution >= 4 is 17.8 Å². The van der Waals surface area contributed by atoms with Crippen LogP contribution in [0, 0.1) is 0 Å². The number of aromatic nitrogens is 2. The van der Waals surface area contributed by atoms with Crippen molar-refractivity contribution in [1.29, 1.82) is 0 Å². The summed E-state index contributed by atoms with van der Waals surface area (Å²) in [6.07, 6.45) is 3.47. The number of nitrogens with one attached hydrogen (secondary N) is 2. The fourth-order valence-electron chi connectivity index (χ4n) is 2.51. The summed E-state index contributed by atoms with van der Waals surface area (Å²) in [6.45, 7) is 0.0809. The lowest BCUT2D eigenvalue weighted by atomic mass is 10.1. The number of rotatable bonds is 6. The predicted octanol–water partition coefficient (Wildman–Crippen LogP) is 0.292. The Kier molecular flexibility index (Phi) is 4.55. The Morgan fingerprint density at radius 3 is 2.67 bits per heavy atom. The van der Waals surface area contributed by atoms with Crippen molar-refractivity contribution in [2.24, 2.45) is 0 Å². The number of benzene rings is 1. The zero-order valence-electron chi connectivity index (χ0n) is 12.9. The highest BCUT2D eigenvalue weighted by Crippen LogP contribution is 2.15. The quantitative estimate of drug-likeness (QED) is 0.746. The Morgan fingerprint density at radius 2 is 2.04 bits per heavy atom. The van der Waals surface area contributed by atoms with E-state index in [-0.39, 0.29) is 19.1 Å². The minimum Gasteiger partial charge on any atom is -0.346 e. The maximum Gasteiger partial charge on any atom is 0.325 e. The molecule has 0 saturated carbocycles. The number of nitrogens with zero attached hydrogens (tertiary/aromatic N) is 3. The van der Waals surface area contributed by atoms with E-state index in [1.165, 1.54) is 0 Å². The van der Waals surface area contributed by atoms with E-state index in [0.29, 0.717) is 6.54 Å². The Hall–Kier alpha value is -3.16. The van der Waals surface area contributed by atoms with Gasteiger partial charge in [-0.2, -0.15) is 5.10 Å². The first-order valence-electron chi connectivity index (χ1n) is 7.53. The van der Waals surface area contributed by atoms with Gasteiger partial charge >= 0.3 is 6.03 Å². The fraction of sp³-hybridized carbons (Fsp3) is 0.250. The van der Waals surface area contributed by atoms with Gasteiger partial charge in [0.05, 0.1) is 19.1 Å². The van der Waals surface area contributed by atoms with Crippen LogP contribution < -0.4 is 10.6 Å². The molecule has 2 aromatic rings. The SMILES string of the molecule is O=C(CN1C(=O)CNC1=O)N[C@H](Cn1cccn1)c1ccccc1. The molecule has 1 saturated heterocycles. The fourth-order valence-corrected chi connectivity index (χ4v) is 2.51. The molecule has 8 nitrogen and oxygen atoms in total. The normalized spacial score (nSPS) is 15.2. The van der Waals surface area contributed by atoms with Crippen molar-refractivity contribution in [3.05, 3.63) is 54.4 Å². The van der Waals surface area contributed by atoms with Crippen LogP contribution in [0.5, 0.6) is 0 Å². The second kappa shape index (κ2) is 6.95. The van der Waals surface area contributed by atoms with Gasteiger partial charge in [0.25, 0.3) is 5.91 Å². The van der Waals surface area contributed by atoms with Gasteiger partial charge in [0.2, 0.25) is 5.91 Å². The Bertz CT molecular complexity index is 713. The summed E-state index contributed by atoms with van der Waals surface area (Å²) in [6, 6.07) is 10.4. The van der Waals surface area contributed by atoms with Crippen LogP contribution in [0.15, 0.2) is 48.8 Å². The lowest BCUT2D eigenvalue weighted by Gasteiger charge is -2.21. The summed E-state index contributed by atoms with van der Waals surface area (Å²) in [7, 11) is 0. The predicted molar refractivity (Wildman–Crippen MR) is 84.7 cm³/mol. The molecule has 8 heteroatoms. The van der Waals surface area contributed by atoms with Crippen LogP contribution >= 0.6 is 0 Å². The van der Waals surface area contributed by atoms with Gasteiger partial charge < -0.3 is 10.6 Å². The van der Waals surface area contributed by atoms with E-state index in [2.05, 4.69) is 15.7 Å². The number of hydrogen-bond donors (Lipinski definition) is 2. The third-order valence-electron chi connectivity index (χ3n) is 3.70. The highest BCUT2D eigenvalue weighted by atomic mass is 16.2. The van der Waals surface area contributed by atoms with Crippen LogP contribution in [0.2, 0.25) is 0 Å². The van der Waals surface area contributed by atoms with Crippen LogP contribution in [0.4, 0.5) is 4.79 Å². The highest BCUT2D eigenvalue weighted by Gasteiger charge is 2.30. The molecule has 124 valence electrons. The molecule has 1 aliphatic heterocycles. The minimum atomic E-state index is -0.543. The van der Waals surface area contributed by atoms with Crippen molar-refractivity contribution in [2.45, 2.75) is 12.6 Å². The molecule has 0 aliphatic carbocycles. The second-order valence-electron chi connectivity index (χ2n) is 5.40. The molecule has 0 radical (unpaired) electrons. The van der Waals surface area contributed by atoms with Crippen molar-refractivity contribution in [1.82, 2.24) is 25.3 Å². The first-order chi connectivity index (χ1) is 11.6. The molecule has 2 N–H and O–H groups in total. The number of carbonyl (C=O) groups excluding carboxylic acids is 3. The Balaban J connectivity index is 1.70. The molecular weight excluding hydrogens is 310 g/mol. The van der Waals surface area contributed by atoms with E-state index < -0.39 is 17.8 Å². The zero-order valence-corrected chi connectivity index (χ0v) is 12.9. The van der Waals surface area contributed by atoms with E-state index in [0.717, 1.165) is 10.5 Å². The van der Waals surface area contributed by atoms with Crippen LogP contribution in [0.3, 0.4) is 0 Å². The second-order valence-corrected chi connectivity index (χ2v) is 5.40. The molecule has 1 fully saturated rings. The van der Waals surface area contributed by atoms with Gasteiger partial charge in [-0.1, -0.05) is 30.3 Å². The van der Waals surface area contributed by atoms with E-state index >= 15 is 0 Å². The third kappa shape index (κ3) is 3.60. The van der Waals surface area contributed by atoms with Crippen molar-refractivity contribution in [2.75, 3.05) is 13.1 Å². The monoisotopic (exact) mass is 327 g/mol. The molecule has 2 heterocycles. The Morgan fingerprint density at radius 1 is 1.25 bits per heavy atom. The highest BCUT2D eigenvalue weighted by molar-refractivity contribution is 6.04. The average Bonchev–Trinajstić information content (AvgIpc) is 3.20. The van der Waals surface area contributed by atoms with Crippen molar-refractivity contribution in [3.63, 3.8) is 0 Å². The first kappa shape index (κ1) is 15.7. The molecule has 1 atom stereocenters.